The third-order valence-corrected chi connectivity index (χ3v) is 21.3. The Morgan fingerprint density at radius 3 is 1.71 bits per heavy atom. The first kappa shape index (κ1) is 59.7. The van der Waals surface area contributed by atoms with Gasteiger partial charge in [0.2, 0.25) is 0 Å². The summed E-state index contributed by atoms with van der Waals surface area (Å²) in [7, 11) is 0. The fourth-order valence-corrected chi connectivity index (χ4v) is 16.4. The van der Waals surface area contributed by atoms with Crippen molar-refractivity contribution in [2.75, 3.05) is 13.2 Å². The van der Waals surface area contributed by atoms with Crippen LogP contribution in [0.3, 0.4) is 0 Å². The Balaban J connectivity index is 0.992. The SMILES string of the molecule is C[C@@H]1O[C@@H](O[C@H]2[C@H](O[C@H]3[C@H](O[C@H]4CC[C@@]5(C)[C@@H](CC[C@]6(C)[C@@H]5CC=C5[C@@H]7CC(C)(C)C[C@@H](O[C@@H]8O[C@@H](C)[C@H](O)[C@@H](O)[C@H]8O)[C@]7(C)CC(=O)[C@]56C)[C@@]4(C)CO)O[C@H](C(=O)O)[C@@H](O)[C@@H]3O)O[C@H](CO)[C@H](O)[C@@H]2O)[C@H](O)[C@H](O)[C@H]1O. The van der Waals surface area contributed by atoms with Crippen molar-refractivity contribution >= 4 is 11.8 Å². The maximum atomic E-state index is 15.4. The first-order chi connectivity index (χ1) is 35.8. The lowest BCUT2D eigenvalue weighted by Crippen LogP contribution is -2.69. The van der Waals surface area contributed by atoms with Gasteiger partial charge in [0.15, 0.2) is 31.3 Å². The number of aliphatic carboxylic acids is 1. The molecule has 4 heterocycles. The number of ether oxygens (including phenoxy) is 8. The van der Waals surface area contributed by atoms with E-state index in [1.54, 1.807) is 6.92 Å². The lowest BCUT2D eigenvalue weighted by molar-refractivity contribution is -0.396. The maximum Gasteiger partial charge on any atom is 0.335 e. The van der Waals surface area contributed by atoms with Crippen molar-refractivity contribution in [2.24, 2.45) is 50.2 Å². The highest BCUT2D eigenvalue weighted by molar-refractivity contribution is 5.91. The molecule has 30 atom stereocenters. The van der Waals surface area contributed by atoms with Gasteiger partial charge in [-0.3, -0.25) is 4.79 Å². The van der Waals surface area contributed by atoms with Crippen molar-refractivity contribution in [3.05, 3.63) is 11.6 Å². The maximum absolute atomic E-state index is 15.4. The molecule has 0 aromatic heterocycles. The van der Waals surface area contributed by atoms with Gasteiger partial charge in [0.25, 0.3) is 0 Å². The number of allylic oxidation sites excluding steroid dienone is 2. The van der Waals surface area contributed by atoms with Crippen LogP contribution in [0.2, 0.25) is 0 Å². The van der Waals surface area contributed by atoms with E-state index in [2.05, 4.69) is 47.6 Å². The predicted molar refractivity (Wildman–Crippen MR) is 262 cm³/mol. The van der Waals surface area contributed by atoms with Crippen molar-refractivity contribution in [3.63, 3.8) is 0 Å². The van der Waals surface area contributed by atoms with E-state index in [1.807, 2.05) is 6.92 Å². The molecule has 8 fully saturated rings. The van der Waals surface area contributed by atoms with Gasteiger partial charge in [-0.2, -0.15) is 0 Å². The molecule has 23 heteroatoms. The second-order valence-corrected chi connectivity index (χ2v) is 26.3. The Bertz CT molecular complexity index is 2200. The summed E-state index contributed by atoms with van der Waals surface area (Å²) in [6.07, 6.45) is -28.6. The third-order valence-electron chi connectivity index (χ3n) is 21.3. The molecule has 9 aliphatic rings. The summed E-state index contributed by atoms with van der Waals surface area (Å²) in [6.45, 7) is 16.5. The quantitative estimate of drug-likeness (QED) is 0.0848. The monoisotopic (exact) mass is 1100 g/mol. The van der Waals surface area contributed by atoms with Gasteiger partial charge in [-0.1, -0.05) is 53.2 Å². The molecule has 0 aromatic carbocycles. The molecular weight excluding hydrogens is 1020 g/mol. The Morgan fingerprint density at radius 1 is 0.597 bits per heavy atom. The molecule has 23 nitrogen and oxygen atoms in total. The van der Waals surface area contributed by atoms with Crippen LogP contribution in [0.4, 0.5) is 0 Å². The summed E-state index contributed by atoms with van der Waals surface area (Å²) < 4.78 is 48.8. The molecule has 0 bridgehead atoms. The Hall–Kier alpha value is -1.92. The van der Waals surface area contributed by atoms with Crippen LogP contribution in [0.15, 0.2) is 11.6 Å². The number of aliphatic hydroxyl groups is 12. The van der Waals surface area contributed by atoms with Gasteiger partial charge in [-0.25, -0.2) is 4.79 Å². The van der Waals surface area contributed by atoms with Crippen LogP contribution in [-0.2, 0) is 47.5 Å². The van der Waals surface area contributed by atoms with E-state index in [-0.39, 0.29) is 41.8 Å². The van der Waals surface area contributed by atoms with Crippen LogP contribution >= 0.6 is 0 Å². The number of carboxylic acid groups (broad SMARTS) is 1. The zero-order chi connectivity index (χ0) is 56.6. The van der Waals surface area contributed by atoms with E-state index in [0.29, 0.717) is 32.1 Å². The van der Waals surface area contributed by atoms with Crippen molar-refractivity contribution in [3.8, 4) is 0 Å². The van der Waals surface area contributed by atoms with E-state index >= 15 is 4.79 Å². The van der Waals surface area contributed by atoms with Crippen molar-refractivity contribution < 1.29 is 114 Å². The lowest BCUT2D eigenvalue weighted by atomic mass is 9.33. The van der Waals surface area contributed by atoms with Gasteiger partial charge >= 0.3 is 5.97 Å². The van der Waals surface area contributed by atoms with Crippen LogP contribution < -0.4 is 0 Å². The molecule has 0 amide bonds. The number of ketones is 1. The minimum Gasteiger partial charge on any atom is -0.479 e. The average molecular weight is 1100 g/mol. The second-order valence-electron chi connectivity index (χ2n) is 26.3. The standard InChI is InChI=1S/C54H86O23/c1-21-31(58)34(61)39(66)45(70-21)74-30-18-49(3,4)16-24-23-10-11-27-50(5)14-13-29(52(7,20-56)26(50)12-15-53(27,8)54(23,9)28(57)17-51(24,30)6)73-48-43(38(65)37(64)41(75-48)44(68)69)77-47-42(36(63)33(60)25(19-55)72-47)76-46-40(67)35(62)32(59)22(2)71-46/h10,21-22,24-27,29-43,45-48,55-56,58-67H,11-20H2,1-9H3,(H,68,69)/t21-,22-,24-,25+,26+,27+,29-,30+,31-,32-,33-,34+,35+,36-,37-,38-,39+,40+,41-,42+,43+,45-,46-,47-,48+,50-,51+,52+,53+,54-/m0/s1. The highest BCUT2D eigenvalue weighted by Crippen LogP contribution is 2.75. The molecule has 4 saturated heterocycles. The molecule has 4 aliphatic heterocycles. The Labute approximate surface area is 448 Å². The number of carbonyl (C=O) groups is 2. The average Bonchev–Trinajstić information content (AvgIpc) is 3.57. The van der Waals surface area contributed by atoms with Gasteiger partial charge in [0.05, 0.1) is 43.0 Å². The van der Waals surface area contributed by atoms with E-state index in [0.717, 1.165) is 12.0 Å². The highest BCUT2D eigenvalue weighted by Gasteiger charge is 2.72. The van der Waals surface area contributed by atoms with Gasteiger partial charge < -0.3 is 104 Å². The van der Waals surface area contributed by atoms with E-state index in [4.69, 9.17) is 37.9 Å². The molecule has 77 heavy (non-hydrogen) atoms. The highest BCUT2D eigenvalue weighted by atomic mass is 16.8. The number of carbonyl (C=O) groups excluding carboxylic acids is 1. The largest absolute Gasteiger partial charge is 0.479 e. The van der Waals surface area contributed by atoms with Gasteiger partial charge in [0, 0.05) is 17.3 Å². The number of hydrogen-bond acceptors (Lipinski definition) is 22. The summed E-state index contributed by atoms with van der Waals surface area (Å²) in [6, 6.07) is 0. The fraction of sp³-hybridized carbons (Fsp3) is 0.926. The Kier molecular flexibility index (Phi) is 16.3. The van der Waals surface area contributed by atoms with Crippen LogP contribution in [0.5, 0.6) is 0 Å². The van der Waals surface area contributed by atoms with Gasteiger partial charge in [-0.05, 0) is 99.7 Å². The normalized spacial score (nSPS) is 55.7. The smallest absolute Gasteiger partial charge is 0.335 e. The number of rotatable bonds is 11. The minimum atomic E-state index is -2.13. The first-order valence-corrected chi connectivity index (χ1v) is 27.6. The van der Waals surface area contributed by atoms with Crippen molar-refractivity contribution in [1.29, 1.82) is 0 Å². The summed E-state index contributed by atoms with van der Waals surface area (Å²) in [4.78, 5) is 28.0. The van der Waals surface area contributed by atoms with E-state index in [1.165, 1.54) is 6.92 Å². The third kappa shape index (κ3) is 9.43. The number of hydrogen-bond donors (Lipinski definition) is 13. The molecule has 440 valence electrons. The van der Waals surface area contributed by atoms with E-state index in [9.17, 15) is 71.2 Å². The molecule has 9 rings (SSSR count). The van der Waals surface area contributed by atoms with Crippen LogP contribution in [0, 0.1) is 50.2 Å². The zero-order valence-electron chi connectivity index (χ0n) is 45.5. The van der Waals surface area contributed by atoms with Gasteiger partial charge in [-0.15, -0.1) is 0 Å². The second kappa shape index (κ2) is 21.1. The molecular formula is C54H86O23. The fourth-order valence-electron chi connectivity index (χ4n) is 16.4. The molecule has 13 N–H and O–H groups in total. The van der Waals surface area contributed by atoms with Crippen molar-refractivity contribution in [2.45, 2.75) is 249 Å². The molecule has 0 spiro atoms. The summed E-state index contributed by atoms with van der Waals surface area (Å²) in [5.41, 5.74) is -2.98. The van der Waals surface area contributed by atoms with Crippen LogP contribution in [-0.4, -0.2) is 226 Å². The molecule has 5 aliphatic carbocycles. The zero-order valence-corrected chi connectivity index (χ0v) is 45.5. The number of carboxylic acids is 1. The molecule has 0 radical (unpaired) electrons. The molecule has 0 aromatic rings. The van der Waals surface area contributed by atoms with Crippen molar-refractivity contribution in [1.82, 2.24) is 0 Å². The summed E-state index contributed by atoms with van der Waals surface area (Å²) in [5.74, 6) is -2.02. The molecule has 0 unspecified atom stereocenters. The topological polar surface area (TPSA) is 371 Å². The minimum absolute atomic E-state index is 0.0745. The number of aliphatic hydroxyl groups excluding tert-OH is 12. The number of Topliss-reactive ketones (excluding diaryl/α,β-unsaturated/α-hetero) is 1. The summed E-state index contributed by atoms with van der Waals surface area (Å²) >= 11 is 0. The lowest BCUT2D eigenvalue weighted by Gasteiger charge is -2.71. The number of fused-ring (bicyclic) bond motifs is 7. The van der Waals surface area contributed by atoms with Gasteiger partial charge in [0.1, 0.15) is 85.1 Å². The van der Waals surface area contributed by atoms with E-state index < -0.39 is 181 Å². The van der Waals surface area contributed by atoms with Crippen LogP contribution in [0.1, 0.15) is 114 Å². The Morgan fingerprint density at radius 2 is 1.14 bits per heavy atom. The first-order valence-electron chi connectivity index (χ1n) is 27.6. The molecule has 4 saturated carbocycles. The van der Waals surface area contributed by atoms with Crippen LogP contribution in [0.25, 0.3) is 0 Å². The predicted octanol–water partition coefficient (Wildman–Crippen LogP) is -1.26. The summed E-state index contributed by atoms with van der Waals surface area (Å²) in [5, 5.41) is 141.